The average molecular weight is 630 g/mol. The molecule has 3 aromatic heterocycles. The maximum atomic E-state index is 13.7. The van der Waals surface area contributed by atoms with Crippen molar-refractivity contribution in [1.82, 2.24) is 30.0 Å². The number of pyridine rings is 1. The Morgan fingerprint density at radius 2 is 1.83 bits per heavy atom. The van der Waals surface area contributed by atoms with Gasteiger partial charge in [0.25, 0.3) is 0 Å². The summed E-state index contributed by atoms with van der Waals surface area (Å²) in [7, 11) is 1.73. The highest BCUT2D eigenvalue weighted by Crippen LogP contribution is 2.26. The first-order valence-electron chi connectivity index (χ1n) is 15.8. The van der Waals surface area contributed by atoms with Crippen LogP contribution in [0, 0.1) is 17.2 Å². The lowest BCUT2D eigenvalue weighted by atomic mass is 9.96. The summed E-state index contributed by atoms with van der Waals surface area (Å²) in [6.07, 6.45) is 8.65. The molecule has 5 aromatic rings. The second-order valence-electron chi connectivity index (χ2n) is 11.4. The second-order valence-corrected chi connectivity index (χ2v) is 11.4. The number of benzene rings is 2. The Bertz CT molecular complexity index is 1850. The van der Waals surface area contributed by atoms with E-state index in [-0.39, 0.29) is 17.5 Å². The van der Waals surface area contributed by atoms with E-state index in [1.807, 2.05) is 71.8 Å². The summed E-state index contributed by atoms with van der Waals surface area (Å²) < 4.78 is 1.56. The Morgan fingerprint density at radius 3 is 2.53 bits per heavy atom. The Hall–Kier alpha value is -5.76. The molecule has 0 saturated carbocycles. The van der Waals surface area contributed by atoms with Crippen LogP contribution in [0.3, 0.4) is 0 Å². The molecule has 0 aliphatic rings. The van der Waals surface area contributed by atoms with Crippen molar-refractivity contribution in [2.75, 3.05) is 23.3 Å². The molecule has 240 valence electrons. The topological polar surface area (TPSA) is 145 Å². The zero-order valence-corrected chi connectivity index (χ0v) is 26.7. The summed E-state index contributed by atoms with van der Waals surface area (Å²) in [4.78, 5) is 36.3. The zero-order valence-electron chi connectivity index (χ0n) is 26.7. The van der Waals surface area contributed by atoms with Gasteiger partial charge in [-0.25, -0.2) is 14.8 Å². The molecule has 0 fully saturated rings. The Kier molecular flexibility index (Phi) is 11.1. The molecule has 1 atom stereocenters. The number of amides is 2. The number of nitrogens with zero attached hydrogens (tertiary/aromatic N) is 6. The molecule has 47 heavy (non-hydrogen) atoms. The molecule has 11 nitrogen and oxygen atoms in total. The highest BCUT2D eigenvalue weighted by Gasteiger charge is 2.21. The van der Waals surface area contributed by atoms with Gasteiger partial charge in [-0.2, -0.15) is 10.4 Å². The van der Waals surface area contributed by atoms with Crippen LogP contribution in [0.2, 0.25) is 0 Å². The molecule has 0 bridgehead atoms. The van der Waals surface area contributed by atoms with Crippen LogP contribution in [0.4, 0.5) is 16.4 Å². The lowest BCUT2D eigenvalue weighted by Crippen LogP contribution is -2.42. The molecule has 5 rings (SSSR count). The predicted molar refractivity (Wildman–Crippen MR) is 184 cm³/mol. The molecule has 0 spiro atoms. The summed E-state index contributed by atoms with van der Waals surface area (Å²) >= 11 is 0. The minimum atomic E-state index is -0.153. The van der Waals surface area contributed by atoms with Gasteiger partial charge >= 0.3 is 6.03 Å². The van der Waals surface area contributed by atoms with Gasteiger partial charge in [0.2, 0.25) is 11.5 Å². The lowest BCUT2D eigenvalue weighted by Gasteiger charge is -2.28. The first-order chi connectivity index (χ1) is 22.9. The fourth-order valence-corrected chi connectivity index (χ4v) is 5.50. The largest absolute Gasteiger partial charge is 0.354 e. The van der Waals surface area contributed by atoms with Gasteiger partial charge in [-0.1, -0.05) is 55.8 Å². The van der Waals surface area contributed by atoms with Gasteiger partial charge in [0.1, 0.15) is 11.8 Å². The molecule has 0 radical (unpaired) electrons. The number of carbonyl (C=O) groups is 1. The number of nitrogens with one attached hydrogen (secondary N) is 3. The Balaban J connectivity index is 1.27. The number of rotatable bonds is 14. The third-order valence-corrected chi connectivity index (χ3v) is 8.00. The van der Waals surface area contributed by atoms with E-state index in [0.29, 0.717) is 42.5 Å². The number of urea groups is 1. The summed E-state index contributed by atoms with van der Waals surface area (Å²) in [6, 6.07) is 24.9. The van der Waals surface area contributed by atoms with E-state index >= 15 is 0 Å². The summed E-state index contributed by atoms with van der Waals surface area (Å²) in [5.41, 5.74) is 5.20. The van der Waals surface area contributed by atoms with Crippen molar-refractivity contribution in [3.63, 3.8) is 0 Å². The van der Waals surface area contributed by atoms with Crippen molar-refractivity contribution < 1.29 is 4.79 Å². The normalized spacial score (nSPS) is 11.4. The summed E-state index contributed by atoms with van der Waals surface area (Å²) in [5, 5.41) is 22.7. The highest BCUT2D eigenvalue weighted by atomic mass is 16.2. The van der Waals surface area contributed by atoms with Crippen molar-refractivity contribution in [3.05, 3.63) is 113 Å². The number of aryl methyl sites for hydroxylation is 1. The molecule has 0 aliphatic heterocycles. The van der Waals surface area contributed by atoms with Crippen LogP contribution in [-0.2, 0) is 13.6 Å². The van der Waals surface area contributed by atoms with Crippen LogP contribution in [0.25, 0.3) is 22.5 Å². The molecule has 0 saturated heterocycles. The molecule has 2 amide bonds. The van der Waals surface area contributed by atoms with Crippen LogP contribution in [0.1, 0.15) is 43.7 Å². The quantitative estimate of drug-likeness (QED) is 0.125. The van der Waals surface area contributed by atoms with Gasteiger partial charge < -0.3 is 15.2 Å². The van der Waals surface area contributed by atoms with Crippen molar-refractivity contribution in [3.8, 4) is 28.6 Å². The van der Waals surface area contributed by atoms with E-state index in [4.69, 9.17) is 0 Å². The lowest BCUT2D eigenvalue weighted by molar-refractivity contribution is 0.244. The van der Waals surface area contributed by atoms with Crippen LogP contribution < -0.4 is 21.1 Å². The fourth-order valence-electron chi connectivity index (χ4n) is 5.50. The number of anilines is 2. The van der Waals surface area contributed by atoms with Gasteiger partial charge in [-0.3, -0.25) is 14.8 Å². The third-order valence-electron chi connectivity index (χ3n) is 8.00. The van der Waals surface area contributed by atoms with Crippen LogP contribution >= 0.6 is 0 Å². The van der Waals surface area contributed by atoms with Gasteiger partial charge in [0, 0.05) is 50.8 Å². The van der Waals surface area contributed by atoms with Gasteiger partial charge in [-0.05, 0) is 66.1 Å². The monoisotopic (exact) mass is 629 g/mol. The molecule has 2 aromatic carbocycles. The molecule has 1 unspecified atom stereocenters. The summed E-state index contributed by atoms with van der Waals surface area (Å²) in [6.45, 7) is 3.79. The number of aromatic amines is 1. The van der Waals surface area contributed by atoms with E-state index in [9.17, 15) is 14.9 Å². The molecular weight excluding hydrogens is 590 g/mol. The number of nitriles is 1. The molecular formula is C36H39N9O2. The number of carbonyl (C=O) groups excluding carboxylic acids is 1. The first-order valence-corrected chi connectivity index (χ1v) is 15.8. The van der Waals surface area contributed by atoms with Crippen molar-refractivity contribution in [2.24, 2.45) is 13.0 Å². The average Bonchev–Trinajstić information content (AvgIpc) is 3.65. The van der Waals surface area contributed by atoms with Crippen molar-refractivity contribution >= 4 is 17.7 Å². The third kappa shape index (κ3) is 8.70. The maximum absolute atomic E-state index is 13.7. The van der Waals surface area contributed by atoms with E-state index in [2.05, 4.69) is 43.8 Å². The minimum Gasteiger partial charge on any atom is -0.354 e. The second kappa shape index (κ2) is 16.0. The fraction of sp³-hybridized carbons (Fsp3) is 0.278. The predicted octanol–water partition coefficient (Wildman–Crippen LogP) is 6.13. The maximum Gasteiger partial charge on any atom is 0.322 e. The van der Waals surface area contributed by atoms with Gasteiger partial charge in [0.05, 0.1) is 17.5 Å². The van der Waals surface area contributed by atoms with Crippen LogP contribution in [0.5, 0.6) is 0 Å². The first kappa shape index (κ1) is 32.6. The van der Waals surface area contributed by atoms with Gasteiger partial charge in [0.15, 0.2) is 0 Å². The SMILES string of the molecule is CCCC(CCCNc1ncc(C#N)c(-c2ccn[nH]2)n1)CN(C(=O)NCc1ccccc1)c1ccc(-c2ccc(=O)n(C)c2)cc1. The number of aromatic nitrogens is 5. The zero-order chi connectivity index (χ0) is 33.0. The smallest absolute Gasteiger partial charge is 0.322 e. The Labute approximate surface area is 274 Å². The van der Waals surface area contributed by atoms with Crippen LogP contribution in [-0.4, -0.2) is 43.9 Å². The van der Waals surface area contributed by atoms with Crippen molar-refractivity contribution in [2.45, 2.75) is 39.2 Å². The highest BCUT2D eigenvalue weighted by molar-refractivity contribution is 5.92. The minimum absolute atomic E-state index is 0.0629. The number of hydrogen-bond donors (Lipinski definition) is 3. The number of hydrogen-bond acceptors (Lipinski definition) is 7. The van der Waals surface area contributed by atoms with Crippen LogP contribution in [0.15, 0.2) is 96.2 Å². The summed E-state index contributed by atoms with van der Waals surface area (Å²) in [5.74, 6) is 0.705. The van der Waals surface area contributed by atoms with E-state index in [1.54, 1.807) is 29.9 Å². The molecule has 11 heteroatoms. The molecule has 0 aliphatic carbocycles. The van der Waals surface area contributed by atoms with E-state index in [0.717, 1.165) is 48.1 Å². The van der Waals surface area contributed by atoms with Crippen molar-refractivity contribution in [1.29, 1.82) is 5.26 Å². The standard InChI is InChI=1S/C36H39N9O2/c1-3-8-27(11-7-19-38-35-39-23-30(21-37)34(42-35)32-18-20-41-43-32)24-45(36(47)40-22-26-9-5-4-6-10-26)31-15-12-28(13-16-31)29-14-17-33(46)44(2)25-29/h4-6,9-10,12-18,20,23,25,27H,3,7-8,11,19,22,24H2,1-2H3,(H,40,47)(H,41,43)(H,38,39,42). The molecule has 3 heterocycles. The number of H-pyrrole nitrogens is 1. The molecule has 3 N–H and O–H groups in total. The van der Waals surface area contributed by atoms with Gasteiger partial charge in [-0.15, -0.1) is 0 Å². The van der Waals surface area contributed by atoms with E-state index < -0.39 is 0 Å². The van der Waals surface area contributed by atoms with E-state index in [1.165, 1.54) is 6.20 Å². The Morgan fingerprint density at radius 1 is 1.04 bits per heavy atom.